The van der Waals surface area contributed by atoms with E-state index in [1.165, 1.54) is 30.1 Å². The van der Waals surface area contributed by atoms with Gasteiger partial charge >= 0.3 is 5.97 Å². The lowest BCUT2D eigenvalue weighted by atomic mass is 10.1. The smallest absolute Gasteiger partial charge is 0.347 e. The highest BCUT2D eigenvalue weighted by molar-refractivity contribution is 7.98. The molecule has 0 atom stereocenters. The fourth-order valence-corrected chi connectivity index (χ4v) is 1.76. The third-order valence-corrected chi connectivity index (χ3v) is 2.94. The number of nitrogens with zero attached hydrogens (tertiary/aromatic N) is 1. The zero-order valence-electron chi connectivity index (χ0n) is 10.5. The van der Waals surface area contributed by atoms with E-state index < -0.39 is 17.5 Å². The molecule has 19 heavy (non-hydrogen) atoms. The van der Waals surface area contributed by atoms with Crippen molar-refractivity contribution in [2.45, 2.75) is 12.1 Å². The van der Waals surface area contributed by atoms with Crippen LogP contribution in [0.25, 0.3) is 0 Å². The second-order valence-electron chi connectivity index (χ2n) is 3.89. The number of hydrogen-bond donors (Lipinski definition) is 3. The number of amides is 1. The van der Waals surface area contributed by atoms with E-state index in [0.29, 0.717) is 5.75 Å². The lowest BCUT2D eigenvalue weighted by Gasteiger charge is -2.21. The maximum Gasteiger partial charge on any atom is 0.347 e. The van der Waals surface area contributed by atoms with Crippen LogP contribution < -0.4 is 21.9 Å². The Hall–Kier alpha value is -1.64. The van der Waals surface area contributed by atoms with Crippen molar-refractivity contribution in [3.8, 4) is 5.88 Å². The van der Waals surface area contributed by atoms with Gasteiger partial charge in [0.15, 0.2) is 5.66 Å². The van der Waals surface area contributed by atoms with Gasteiger partial charge < -0.3 is 21.9 Å². The molecule has 0 saturated carbocycles. The zero-order valence-corrected chi connectivity index (χ0v) is 11.3. The van der Waals surface area contributed by atoms with E-state index in [9.17, 15) is 9.59 Å². The van der Waals surface area contributed by atoms with Gasteiger partial charge in [0.05, 0.1) is 0 Å². The summed E-state index contributed by atoms with van der Waals surface area (Å²) < 4.78 is 4.96. The highest BCUT2D eigenvalue weighted by Gasteiger charge is 2.32. The molecule has 1 rings (SSSR count). The fraction of sp³-hybridized carbons (Fsp3) is 0.364. The number of esters is 1. The molecule has 1 amide bonds. The molecule has 7 nitrogen and oxygen atoms in total. The quantitative estimate of drug-likeness (QED) is 0.471. The molecule has 0 aliphatic heterocycles. The van der Waals surface area contributed by atoms with Gasteiger partial charge in [-0.1, -0.05) is 0 Å². The number of hydrogen-bond acceptors (Lipinski definition) is 7. The van der Waals surface area contributed by atoms with Gasteiger partial charge in [0, 0.05) is 6.20 Å². The SMILES string of the molecule is CSCCC(N)(N)C(=O)Oc1ncccc1C(N)=O. The van der Waals surface area contributed by atoms with Crippen LogP contribution in [0.1, 0.15) is 16.8 Å². The summed E-state index contributed by atoms with van der Waals surface area (Å²) in [5.41, 5.74) is 14.8. The van der Waals surface area contributed by atoms with Crippen molar-refractivity contribution in [2.24, 2.45) is 17.2 Å². The number of nitrogens with two attached hydrogens (primary N) is 3. The number of carbonyl (C=O) groups excluding carboxylic acids is 2. The van der Waals surface area contributed by atoms with Crippen molar-refractivity contribution in [3.63, 3.8) is 0 Å². The predicted molar refractivity (Wildman–Crippen MR) is 72.5 cm³/mol. The minimum Gasteiger partial charge on any atom is -0.404 e. The number of primary amides is 1. The number of carbonyl (C=O) groups is 2. The first-order chi connectivity index (χ1) is 8.88. The Morgan fingerprint density at radius 1 is 1.47 bits per heavy atom. The molecule has 0 fully saturated rings. The summed E-state index contributed by atoms with van der Waals surface area (Å²) in [6, 6.07) is 2.90. The van der Waals surface area contributed by atoms with Crippen LogP contribution in [0.5, 0.6) is 5.88 Å². The van der Waals surface area contributed by atoms with E-state index in [1.54, 1.807) is 0 Å². The van der Waals surface area contributed by atoms with Crippen LogP contribution in [0.15, 0.2) is 18.3 Å². The van der Waals surface area contributed by atoms with Crippen molar-refractivity contribution in [1.29, 1.82) is 0 Å². The van der Waals surface area contributed by atoms with Gasteiger partial charge in [-0.2, -0.15) is 11.8 Å². The van der Waals surface area contributed by atoms with Crippen molar-refractivity contribution in [3.05, 3.63) is 23.9 Å². The molecular weight excluding hydrogens is 268 g/mol. The summed E-state index contributed by atoms with van der Waals surface area (Å²) in [4.78, 5) is 26.8. The molecule has 0 aliphatic carbocycles. The molecule has 0 radical (unpaired) electrons. The van der Waals surface area contributed by atoms with Crippen LogP contribution in [0.3, 0.4) is 0 Å². The summed E-state index contributed by atoms with van der Waals surface area (Å²) in [7, 11) is 0. The van der Waals surface area contributed by atoms with Gasteiger partial charge in [-0.05, 0) is 30.6 Å². The monoisotopic (exact) mass is 284 g/mol. The van der Waals surface area contributed by atoms with Crippen LogP contribution in [-0.2, 0) is 4.79 Å². The summed E-state index contributed by atoms with van der Waals surface area (Å²) in [6.07, 6.45) is 3.47. The van der Waals surface area contributed by atoms with Gasteiger partial charge in [-0.15, -0.1) is 0 Å². The van der Waals surface area contributed by atoms with Gasteiger partial charge in [0.2, 0.25) is 5.88 Å². The Bertz CT molecular complexity index is 479. The Kier molecular flexibility index (Phi) is 5.28. The molecule has 8 heteroatoms. The van der Waals surface area contributed by atoms with Crippen molar-refractivity contribution >= 4 is 23.6 Å². The molecule has 1 aromatic rings. The first-order valence-corrected chi connectivity index (χ1v) is 6.81. The van der Waals surface area contributed by atoms with E-state index >= 15 is 0 Å². The van der Waals surface area contributed by atoms with E-state index in [1.807, 2.05) is 6.26 Å². The molecule has 1 heterocycles. The lowest BCUT2D eigenvalue weighted by molar-refractivity contribution is -0.140. The molecule has 6 N–H and O–H groups in total. The van der Waals surface area contributed by atoms with Gasteiger partial charge in [-0.3, -0.25) is 4.79 Å². The minimum atomic E-state index is -1.63. The number of pyridine rings is 1. The van der Waals surface area contributed by atoms with Crippen LogP contribution >= 0.6 is 11.8 Å². The normalized spacial score (nSPS) is 11.1. The summed E-state index contributed by atoms with van der Waals surface area (Å²) >= 11 is 1.50. The molecular formula is C11H16N4O3S. The number of thioether (sulfide) groups is 1. The molecule has 0 spiro atoms. The third-order valence-electron chi connectivity index (χ3n) is 2.33. The van der Waals surface area contributed by atoms with Crippen molar-refractivity contribution in [2.75, 3.05) is 12.0 Å². The molecule has 0 bridgehead atoms. The van der Waals surface area contributed by atoms with Crippen LogP contribution in [0, 0.1) is 0 Å². The number of aromatic nitrogens is 1. The zero-order chi connectivity index (χ0) is 14.5. The van der Waals surface area contributed by atoms with Gasteiger partial charge in [-0.25, -0.2) is 9.78 Å². The highest BCUT2D eigenvalue weighted by Crippen LogP contribution is 2.16. The van der Waals surface area contributed by atoms with E-state index in [2.05, 4.69) is 4.98 Å². The van der Waals surface area contributed by atoms with E-state index in [0.717, 1.165) is 0 Å². The first-order valence-electron chi connectivity index (χ1n) is 5.42. The molecule has 0 saturated heterocycles. The second kappa shape index (κ2) is 6.50. The summed E-state index contributed by atoms with van der Waals surface area (Å²) in [5.74, 6) is -1.20. The first kappa shape index (κ1) is 15.4. The van der Waals surface area contributed by atoms with Gasteiger partial charge in [0.25, 0.3) is 5.91 Å². The van der Waals surface area contributed by atoms with E-state index in [-0.39, 0.29) is 17.9 Å². The molecule has 104 valence electrons. The van der Waals surface area contributed by atoms with Crippen LogP contribution in [-0.4, -0.2) is 34.5 Å². The molecule has 0 aromatic carbocycles. The standard InChI is InChI=1S/C11H16N4O3S/c1-19-6-4-11(13,14)10(17)18-9-7(8(12)16)3-2-5-15-9/h2-3,5H,4,6,13-14H2,1H3,(H2,12,16). The summed E-state index contributed by atoms with van der Waals surface area (Å²) in [5, 5.41) is 0. The second-order valence-corrected chi connectivity index (χ2v) is 4.88. The molecule has 0 aliphatic rings. The molecule has 0 unspecified atom stereocenters. The Balaban J connectivity index is 2.85. The lowest BCUT2D eigenvalue weighted by Crippen LogP contribution is -2.58. The maximum absolute atomic E-state index is 11.8. The molecule has 1 aromatic heterocycles. The van der Waals surface area contributed by atoms with Crippen LogP contribution in [0.2, 0.25) is 0 Å². The topological polar surface area (TPSA) is 134 Å². The fourth-order valence-electron chi connectivity index (χ4n) is 1.22. The number of rotatable bonds is 6. The Morgan fingerprint density at radius 3 is 2.74 bits per heavy atom. The number of ether oxygens (including phenoxy) is 1. The van der Waals surface area contributed by atoms with Gasteiger partial charge in [0.1, 0.15) is 5.56 Å². The van der Waals surface area contributed by atoms with Crippen molar-refractivity contribution in [1.82, 2.24) is 4.98 Å². The maximum atomic E-state index is 11.8. The predicted octanol–water partition coefficient (Wildman–Crippen LogP) is -0.547. The van der Waals surface area contributed by atoms with E-state index in [4.69, 9.17) is 21.9 Å². The highest BCUT2D eigenvalue weighted by atomic mass is 32.2. The average molecular weight is 284 g/mol. The largest absolute Gasteiger partial charge is 0.404 e. The Labute approximate surface area is 114 Å². The average Bonchev–Trinajstić information content (AvgIpc) is 2.36. The Morgan fingerprint density at radius 2 is 2.16 bits per heavy atom. The minimum absolute atomic E-state index is 0.00323. The third kappa shape index (κ3) is 4.19. The summed E-state index contributed by atoms with van der Waals surface area (Å²) in [6.45, 7) is 0. The van der Waals surface area contributed by atoms with Crippen LogP contribution in [0.4, 0.5) is 0 Å². The van der Waals surface area contributed by atoms with Crippen molar-refractivity contribution < 1.29 is 14.3 Å².